The summed E-state index contributed by atoms with van der Waals surface area (Å²) in [5.74, 6) is -0.0621. The smallest absolute Gasteiger partial charge is 0.320 e. The number of carbonyl (C=O) groups is 1. The van der Waals surface area contributed by atoms with Crippen LogP contribution in [0.1, 0.15) is 43.6 Å². The quantitative estimate of drug-likeness (QED) is 0.315. The first-order chi connectivity index (χ1) is 16.0. The largest absolute Gasteiger partial charge is 0.480 e. The number of carboxylic acid groups (broad SMARTS) is 1. The molecule has 0 unspecified atom stereocenters. The van der Waals surface area contributed by atoms with Crippen molar-refractivity contribution < 1.29 is 14.3 Å². The Balaban J connectivity index is 1.46. The summed E-state index contributed by atoms with van der Waals surface area (Å²) >= 11 is 1.17. The fraction of sp³-hybridized carbons (Fsp3) is 0.269. The molecule has 2 saturated carbocycles. The molecule has 3 aromatic carbocycles. The number of nitrogens with one attached hydrogen (secondary N) is 1. The summed E-state index contributed by atoms with van der Waals surface area (Å²) in [6.07, 6.45) is 4.47. The van der Waals surface area contributed by atoms with Crippen LogP contribution in [0.15, 0.2) is 59.8 Å². The minimum Gasteiger partial charge on any atom is -0.480 e. The topological polar surface area (TPSA) is 75.1 Å². The van der Waals surface area contributed by atoms with Gasteiger partial charge in [0.05, 0.1) is 5.52 Å². The minimum absolute atomic E-state index is 0.344. The molecule has 2 N–H and O–H groups in total. The van der Waals surface area contributed by atoms with Crippen LogP contribution < -0.4 is 5.32 Å². The molecule has 2 aliphatic carbocycles. The molecular formula is C26H22FN3O2S. The number of hydrogen-bond acceptors (Lipinski definition) is 5. The van der Waals surface area contributed by atoms with E-state index in [1.165, 1.54) is 47.7 Å². The third-order valence-electron chi connectivity index (χ3n) is 6.70. The Labute approximate surface area is 194 Å². The summed E-state index contributed by atoms with van der Waals surface area (Å²) in [6, 6.07) is 17.0. The van der Waals surface area contributed by atoms with Crippen LogP contribution in [-0.2, 0) is 4.79 Å². The van der Waals surface area contributed by atoms with Crippen LogP contribution in [0.4, 0.5) is 15.9 Å². The van der Waals surface area contributed by atoms with Gasteiger partial charge in [-0.15, -0.1) is 0 Å². The van der Waals surface area contributed by atoms with Gasteiger partial charge in [0.25, 0.3) is 0 Å². The van der Waals surface area contributed by atoms with Gasteiger partial charge in [-0.3, -0.25) is 4.79 Å². The highest BCUT2D eigenvalue weighted by molar-refractivity contribution is 8.01. The summed E-state index contributed by atoms with van der Waals surface area (Å²) in [6.45, 7) is 0. The van der Waals surface area contributed by atoms with Crippen molar-refractivity contribution in [2.24, 2.45) is 0 Å². The molecule has 0 atom stereocenters. The Kier molecular flexibility index (Phi) is 4.76. The Morgan fingerprint density at radius 1 is 1.03 bits per heavy atom. The molecule has 0 spiro atoms. The number of anilines is 2. The lowest BCUT2D eigenvalue weighted by atomic mass is 9.84. The van der Waals surface area contributed by atoms with E-state index >= 15 is 0 Å². The Bertz CT molecular complexity index is 1420. The average Bonchev–Trinajstić information content (AvgIpc) is 3.61. The molecule has 4 aromatic rings. The molecule has 1 aromatic heterocycles. The highest BCUT2D eigenvalue weighted by Gasteiger charge is 2.46. The molecule has 166 valence electrons. The lowest BCUT2D eigenvalue weighted by molar-refractivity contribution is -0.142. The molecule has 7 heteroatoms. The van der Waals surface area contributed by atoms with Gasteiger partial charge in [-0.2, -0.15) is 0 Å². The second-order valence-electron chi connectivity index (χ2n) is 8.92. The SMILES string of the molecule is O=C(O)C1(Sc2nc(Nc3ccc(C4CC4)c4ccccc34)c3ccc(F)cc3n2)CCC1. The van der Waals surface area contributed by atoms with Crippen molar-refractivity contribution in [3.05, 3.63) is 66.0 Å². The number of nitrogens with zero attached hydrogens (tertiary/aromatic N) is 2. The maximum absolute atomic E-state index is 14.0. The number of aliphatic carboxylic acids is 1. The molecule has 0 bridgehead atoms. The maximum atomic E-state index is 14.0. The molecule has 6 rings (SSSR count). The van der Waals surface area contributed by atoms with Crippen molar-refractivity contribution in [2.45, 2.75) is 47.9 Å². The van der Waals surface area contributed by atoms with Crippen LogP contribution in [0, 0.1) is 5.82 Å². The molecular weight excluding hydrogens is 437 g/mol. The monoisotopic (exact) mass is 459 g/mol. The van der Waals surface area contributed by atoms with Crippen LogP contribution in [0.25, 0.3) is 21.7 Å². The van der Waals surface area contributed by atoms with Gasteiger partial charge >= 0.3 is 5.97 Å². The number of hydrogen-bond donors (Lipinski definition) is 2. The molecule has 33 heavy (non-hydrogen) atoms. The summed E-state index contributed by atoms with van der Waals surface area (Å²) < 4.78 is 13.1. The van der Waals surface area contributed by atoms with Crippen LogP contribution in [0.3, 0.4) is 0 Å². The van der Waals surface area contributed by atoms with Gasteiger partial charge in [-0.25, -0.2) is 14.4 Å². The third-order valence-corrected chi connectivity index (χ3v) is 8.04. The zero-order valence-corrected chi connectivity index (χ0v) is 18.7. The van der Waals surface area contributed by atoms with Crippen LogP contribution in [-0.4, -0.2) is 25.8 Å². The van der Waals surface area contributed by atoms with E-state index in [0.29, 0.717) is 40.6 Å². The number of rotatable bonds is 6. The molecule has 0 radical (unpaired) electrons. The van der Waals surface area contributed by atoms with Gasteiger partial charge in [-0.1, -0.05) is 42.1 Å². The fourth-order valence-electron chi connectivity index (χ4n) is 4.56. The van der Waals surface area contributed by atoms with E-state index in [1.807, 2.05) is 6.07 Å². The van der Waals surface area contributed by atoms with E-state index in [0.717, 1.165) is 17.5 Å². The molecule has 5 nitrogen and oxygen atoms in total. The summed E-state index contributed by atoms with van der Waals surface area (Å²) in [5, 5.41) is 16.6. The first-order valence-corrected chi connectivity index (χ1v) is 12.0. The predicted molar refractivity (Wildman–Crippen MR) is 129 cm³/mol. The normalized spacial score (nSPS) is 17.1. The second-order valence-corrected chi connectivity index (χ2v) is 10.3. The van der Waals surface area contributed by atoms with E-state index in [4.69, 9.17) is 4.98 Å². The highest BCUT2D eigenvalue weighted by Crippen LogP contribution is 2.48. The summed E-state index contributed by atoms with van der Waals surface area (Å²) in [7, 11) is 0. The zero-order valence-electron chi connectivity index (χ0n) is 17.8. The molecule has 0 amide bonds. The summed E-state index contributed by atoms with van der Waals surface area (Å²) in [5.41, 5.74) is 2.73. The van der Waals surface area contributed by atoms with Crippen LogP contribution in [0.2, 0.25) is 0 Å². The third kappa shape index (κ3) is 3.60. The van der Waals surface area contributed by atoms with Gasteiger partial charge < -0.3 is 10.4 Å². The number of benzene rings is 3. The minimum atomic E-state index is -0.906. The van der Waals surface area contributed by atoms with E-state index in [1.54, 1.807) is 6.07 Å². The highest BCUT2D eigenvalue weighted by atomic mass is 32.2. The van der Waals surface area contributed by atoms with Crippen LogP contribution >= 0.6 is 11.8 Å². The fourth-order valence-corrected chi connectivity index (χ4v) is 5.77. The van der Waals surface area contributed by atoms with Crippen LogP contribution in [0.5, 0.6) is 0 Å². The maximum Gasteiger partial charge on any atom is 0.320 e. The zero-order chi connectivity index (χ0) is 22.6. The van der Waals surface area contributed by atoms with E-state index < -0.39 is 10.7 Å². The molecule has 0 saturated heterocycles. The van der Waals surface area contributed by atoms with Crippen molar-refractivity contribution in [1.29, 1.82) is 0 Å². The molecule has 1 heterocycles. The van der Waals surface area contributed by atoms with Gasteiger partial charge in [0.15, 0.2) is 5.16 Å². The van der Waals surface area contributed by atoms with Crippen molar-refractivity contribution >= 4 is 50.9 Å². The van der Waals surface area contributed by atoms with E-state index in [9.17, 15) is 14.3 Å². The van der Waals surface area contributed by atoms with Gasteiger partial charge in [-0.05, 0) is 67.2 Å². The standard InChI is InChI=1S/C26H22FN3O2S/c27-16-8-9-20-22(14-16)29-25(33-26(24(31)32)12-3-13-26)30-23(20)28-21-11-10-17(15-6-7-15)18-4-1-2-5-19(18)21/h1-2,4-5,8-11,14-15H,3,6-7,12-13H2,(H,31,32)(H,28,29,30). The lowest BCUT2D eigenvalue weighted by Crippen LogP contribution is -2.42. The molecule has 0 aliphatic heterocycles. The summed E-state index contributed by atoms with van der Waals surface area (Å²) in [4.78, 5) is 21.1. The number of halogens is 1. The Morgan fingerprint density at radius 2 is 1.82 bits per heavy atom. The van der Waals surface area contributed by atoms with E-state index in [2.05, 4.69) is 40.6 Å². The first kappa shape index (κ1) is 20.4. The molecule has 2 fully saturated rings. The number of fused-ring (bicyclic) bond motifs is 2. The van der Waals surface area contributed by atoms with Gasteiger partial charge in [0.1, 0.15) is 16.4 Å². The average molecular weight is 460 g/mol. The number of carboxylic acids is 1. The van der Waals surface area contributed by atoms with Crippen molar-refractivity contribution in [2.75, 3.05) is 5.32 Å². The van der Waals surface area contributed by atoms with Crippen molar-refractivity contribution in [3.8, 4) is 0 Å². The lowest BCUT2D eigenvalue weighted by Gasteiger charge is -2.36. The van der Waals surface area contributed by atoms with E-state index in [-0.39, 0.29) is 5.82 Å². The Morgan fingerprint density at radius 3 is 2.52 bits per heavy atom. The molecule has 2 aliphatic rings. The first-order valence-electron chi connectivity index (χ1n) is 11.2. The number of thioether (sulfide) groups is 1. The van der Waals surface area contributed by atoms with Crippen molar-refractivity contribution in [1.82, 2.24) is 9.97 Å². The number of aromatic nitrogens is 2. The second kappa shape index (κ2) is 7.70. The van der Waals surface area contributed by atoms with Gasteiger partial charge in [0, 0.05) is 22.5 Å². The van der Waals surface area contributed by atoms with Gasteiger partial charge in [0.2, 0.25) is 0 Å². The predicted octanol–water partition coefficient (Wildman–Crippen LogP) is 6.64. The van der Waals surface area contributed by atoms with Crippen molar-refractivity contribution in [3.63, 3.8) is 0 Å². The Hall–Kier alpha value is -3.19.